The molecule has 1 aromatic carbocycles. The normalized spacial score (nSPS) is 13.0. The van der Waals surface area contributed by atoms with Gasteiger partial charge in [-0.05, 0) is 37.0 Å². The molecule has 0 fully saturated rings. The van der Waals surface area contributed by atoms with Gasteiger partial charge in [-0.1, -0.05) is 26.0 Å². The van der Waals surface area contributed by atoms with E-state index in [9.17, 15) is 14.4 Å². The molecule has 0 aliphatic carbocycles. The Bertz CT molecular complexity index is 615. The standard InChI is InChI=1S/C18H26N2O5/c1-11(2)8-15(18(23)24)20-16(21)10-19-17(22)12(3)13-6-5-7-14(9-13)25-4/h5-7,9,11-12,15H,8,10H2,1-4H3,(H,19,22)(H,20,21)(H,23,24)/t12?,15-/m0/s1. The lowest BCUT2D eigenvalue weighted by molar-refractivity contribution is -0.142. The number of hydrogen-bond acceptors (Lipinski definition) is 4. The Hall–Kier alpha value is -2.57. The minimum Gasteiger partial charge on any atom is -0.497 e. The first-order valence-electron chi connectivity index (χ1n) is 8.18. The molecular formula is C18H26N2O5. The second kappa shape index (κ2) is 9.66. The summed E-state index contributed by atoms with van der Waals surface area (Å²) >= 11 is 0. The van der Waals surface area contributed by atoms with Crippen molar-refractivity contribution in [2.24, 2.45) is 5.92 Å². The Morgan fingerprint density at radius 2 is 1.88 bits per heavy atom. The van der Waals surface area contributed by atoms with Crippen LogP contribution in [0.15, 0.2) is 24.3 Å². The number of benzene rings is 1. The molecule has 7 nitrogen and oxygen atoms in total. The van der Waals surface area contributed by atoms with Gasteiger partial charge in [0.05, 0.1) is 19.6 Å². The van der Waals surface area contributed by atoms with Gasteiger partial charge in [-0.25, -0.2) is 4.79 Å². The molecule has 2 atom stereocenters. The van der Waals surface area contributed by atoms with Gasteiger partial charge in [0.1, 0.15) is 11.8 Å². The highest BCUT2D eigenvalue weighted by molar-refractivity contribution is 5.90. The van der Waals surface area contributed by atoms with Crippen LogP contribution in [-0.4, -0.2) is 42.6 Å². The predicted molar refractivity (Wildman–Crippen MR) is 93.4 cm³/mol. The zero-order valence-electron chi connectivity index (χ0n) is 15.0. The Labute approximate surface area is 147 Å². The molecule has 0 radical (unpaired) electrons. The van der Waals surface area contributed by atoms with Gasteiger partial charge in [0.25, 0.3) is 0 Å². The molecule has 0 spiro atoms. The summed E-state index contributed by atoms with van der Waals surface area (Å²) < 4.78 is 5.13. The van der Waals surface area contributed by atoms with Crippen LogP contribution in [0.3, 0.4) is 0 Å². The number of carbonyl (C=O) groups is 3. The second-order valence-electron chi connectivity index (χ2n) is 6.30. The number of ether oxygens (including phenoxy) is 1. The molecule has 2 amide bonds. The lowest BCUT2D eigenvalue weighted by Crippen LogP contribution is -2.46. The summed E-state index contributed by atoms with van der Waals surface area (Å²) in [6.07, 6.45) is 0.329. The van der Waals surface area contributed by atoms with Crippen molar-refractivity contribution in [1.82, 2.24) is 10.6 Å². The van der Waals surface area contributed by atoms with Crippen LogP contribution < -0.4 is 15.4 Å². The van der Waals surface area contributed by atoms with Crippen molar-refractivity contribution in [3.63, 3.8) is 0 Å². The smallest absolute Gasteiger partial charge is 0.326 e. The van der Waals surface area contributed by atoms with E-state index >= 15 is 0 Å². The summed E-state index contributed by atoms with van der Waals surface area (Å²) in [7, 11) is 1.55. The van der Waals surface area contributed by atoms with Crippen molar-refractivity contribution in [3.05, 3.63) is 29.8 Å². The lowest BCUT2D eigenvalue weighted by atomic mass is 10.00. The predicted octanol–water partition coefficient (Wildman–Crippen LogP) is 1.53. The first-order chi connectivity index (χ1) is 11.7. The number of carbonyl (C=O) groups excluding carboxylic acids is 2. The molecular weight excluding hydrogens is 324 g/mol. The van der Waals surface area contributed by atoms with E-state index in [1.165, 1.54) is 0 Å². The molecule has 0 bridgehead atoms. The van der Waals surface area contributed by atoms with Crippen LogP contribution >= 0.6 is 0 Å². The monoisotopic (exact) mass is 350 g/mol. The average molecular weight is 350 g/mol. The van der Waals surface area contributed by atoms with Gasteiger partial charge in [0.15, 0.2) is 0 Å². The molecule has 0 aliphatic rings. The summed E-state index contributed by atoms with van der Waals surface area (Å²) in [5, 5.41) is 14.1. The number of nitrogens with one attached hydrogen (secondary N) is 2. The quantitative estimate of drug-likeness (QED) is 0.626. The molecule has 138 valence electrons. The highest BCUT2D eigenvalue weighted by atomic mass is 16.5. The zero-order valence-corrected chi connectivity index (χ0v) is 15.0. The highest BCUT2D eigenvalue weighted by Gasteiger charge is 2.22. The number of rotatable bonds is 9. The van der Waals surface area contributed by atoms with Crippen LogP contribution in [0.5, 0.6) is 5.75 Å². The van der Waals surface area contributed by atoms with Gasteiger partial charge in [-0.2, -0.15) is 0 Å². The summed E-state index contributed by atoms with van der Waals surface area (Å²) in [6.45, 7) is 5.20. The minimum absolute atomic E-state index is 0.129. The van der Waals surface area contributed by atoms with Crippen molar-refractivity contribution in [2.45, 2.75) is 39.2 Å². The van der Waals surface area contributed by atoms with Crippen LogP contribution in [0.4, 0.5) is 0 Å². The molecule has 3 N–H and O–H groups in total. The Balaban J connectivity index is 2.56. The average Bonchev–Trinajstić information content (AvgIpc) is 2.57. The lowest BCUT2D eigenvalue weighted by Gasteiger charge is -2.17. The van der Waals surface area contributed by atoms with Crippen molar-refractivity contribution >= 4 is 17.8 Å². The summed E-state index contributed by atoms with van der Waals surface area (Å²) in [4.78, 5) is 35.2. The SMILES string of the molecule is COc1cccc(C(C)C(=O)NCC(=O)N[C@@H](CC(C)C)C(=O)O)c1. The van der Waals surface area contributed by atoms with E-state index in [0.29, 0.717) is 12.2 Å². The molecule has 1 rings (SSSR count). The van der Waals surface area contributed by atoms with Crippen LogP contribution in [0.1, 0.15) is 38.7 Å². The third kappa shape index (κ3) is 6.82. The highest BCUT2D eigenvalue weighted by Crippen LogP contribution is 2.20. The number of aliphatic carboxylic acids is 1. The molecule has 7 heteroatoms. The van der Waals surface area contributed by atoms with Gasteiger partial charge in [-0.15, -0.1) is 0 Å². The van der Waals surface area contributed by atoms with E-state index < -0.39 is 23.8 Å². The van der Waals surface area contributed by atoms with Crippen LogP contribution in [0, 0.1) is 5.92 Å². The molecule has 25 heavy (non-hydrogen) atoms. The van der Waals surface area contributed by atoms with Crippen molar-refractivity contribution in [2.75, 3.05) is 13.7 Å². The fourth-order valence-corrected chi connectivity index (χ4v) is 2.32. The fourth-order valence-electron chi connectivity index (χ4n) is 2.32. The molecule has 0 saturated carbocycles. The van der Waals surface area contributed by atoms with E-state index in [2.05, 4.69) is 10.6 Å². The van der Waals surface area contributed by atoms with Crippen LogP contribution in [0.2, 0.25) is 0 Å². The van der Waals surface area contributed by atoms with Crippen LogP contribution in [0.25, 0.3) is 0 Å². The topological polar surface area (TPSA) is 105 Å². The zero-order chi connectivity index (χ0) is 19.0. The van der Waals surface area contributed by atoms with E-state index in [-0.39, 0.29) is 18.4 Å². The first kappa shape index (κ1) is 20.5. The summed E-state index contributed by atoms with van der Waals surface area (Å²) in [6, 6.07) is 6.17. The second-order valence-corrected chi connectivity index (χ2v) is 6.30. The number of hydrogen-bond donors (Lipinski definition) is 3. The summed E-state index contributed by atoms with van der Waals surface area (Å²) in [5.41, 5.74) is 0.764. The Morgan fingerprint density at radius 3 is 2.44 bits per heavy atom. The third-order valence-electron chi connectivity index (χ3n) is 3.75. The third-order valence-corrected chi connectivity index (χ3v) is 3.75. The van der Waals surface area contributed by atoms with Crippen molar-refractivity contribution in [3.8, 4) is 5.75 Å². The Kier molecular flexibility index (Phi) is 7.91. The molecule has 0 aromatic heterocycles. The number of carboxylic acids is 1. The fraction of sp³-hybridized carbons (Fsp3) is 0.500. The maximum atomic E-state index is 12.2. The molecule has 1 unspecified atom stereocenters. The molecule has 1 aromatic rings. The molecule has 0 saturated heterocycles. The van der Waals surface area contributed by atoms with Gasteiger partial charge in [0.2, 0.25) is 11.8 Å². The van der Waals surface area contributed by atoms with E-state index in [4.69, 9.17) is 9.84 Å². The number of methoxy groups -OCH3 is 1. The maximum absolute atomic E-state index is 12.2. The molecule has 0 aliphatic heterocycles. The first-order valence-corrected chi connectivity index (χ1v) is 8.18. The summed E-state index contributed by atoms with van der Waals surface area (Å²) in [5.74, 6) is -1.62. The van der Waals surface area contributed by atoms with Crippen molar-refractivity contribution in [1.29, 1.82) is 0 Å². The minimum atomic E-state index is -1.09. The number of amides is 2. The Morgan fingerprint density at radius 1 is 1.20 bits per heavy atom. The molecule has 0 heterocycles. The van der Waals surface area contributed by atoms with Crippen LogP contribution in [-0.2, 0) is 14.4 Å². The number of carboxylic acid groups (broad SMARTS) is 1. The van der Waals surface area contributed by atoms with Gasteiger partial charge < -0.3 is 20.5 Å². The van der Waals surface area contributed by atoms with Gasteiger partial charge in [0, 0.05) is 0 Å². The van der Waals surface area contributed by atoms with E-state index in [0.717, 1.165) is 5.56 Å². The van der Waals surface area contributed by atoms with Gasteiger partial charge >= 0.3 is 5.97 Å². The largest absolute Gasteiger partial charge is 0.497 e. The van der Waals surface area contributed by atoms with Gasteiger partial charge in [-0.3, -0.25) is 9.59 Å². The van der Waals surface area contributed by atoms with E-state index in [1.807, 2.05) is 13.8 Å². The van der Waals surface area contributed by atoms with Crippen molar-refractivity contribution < 1.29 is 24.2 Å². The maximum Gasteiger partial charge on any atom is 0.326 e. The van der Waals surface area contributed by atoms with E-state index in [1.54, 1.807) is 38.3 Å².